The fraction of sp³-hybridized carbons (Fsp3) is 0.714. The Morgan fingerprint density at radius 3 is 2.25 bits per heavy atom. The Bertz CT molecular complexity index is 74.5. The van der Waals surface area contributed by atoms with Crippen molar-refractivity contribution in [1.29, 1.82) is 0 Å². The lowest BCUT2D eigenvalue weighted by Gasteiger charge is -1.97. The minimum Gasteiger partial charge on any atom is -0.299 e. The van der Waals surface area contributed by atoms with Crippen LogP contribution in [0.5, 0.6) is 0 Å². The minimum absolute atomic E-state index is 0.250. The largest absolute Gasteiger partial charge is 0.299 e. The molecule has 0 aromatic carbocycles. The molecular formula is C7H13O. The molecule has 0 bridgehead atoms. The Labute approximate surface area is 51.1 Å². The third-order valence-electron chi connectivity index (χ3n) is 0.868. The molecule has 0 aliphatic heterocycles. The average molecular weight is 113 g/mol. The number of hydrogen-bond acceptors (Lipinski definition) is 1. The quantitative estimate of drug-likeness (QED) is 0.545. The molecule has 0 aliphatic carbocycles. The van der Waals surface area contributed by atoms with Gasteiger partial charge in [-0.3, -0.25) is 4.79 Å². The van der Waals surface area contributed by atoms with Crippen molar-refractivity contribution in [3.05, 3.63) is 6.42 Å². The topological polar surface area (TPSA) is 17.1 Å². The van der Waals surface area contributed by atoms with Crippen LogP contribution in [-0.2, 0) is 4.79 Å². The van der Waals surface area contributed by atoms with E-state index in [0.29, 0.717) is 12.3 Å². The first-order valence-electron chi connectivity index (χ1n) is 3.04. The van der Waals surface area contributed by atoms with Crippen LogP contribution in [0.15, 0.2) is 0 Å². The highest BCUT2D eigenvalue weighted by molar-refractivity contribution is 5.86. The number of Topliss-reactive ketones (excluding diaryl/α,β-unsaturated/α-hetero) is 1. The number of rotatable bonds is 3. The van der Waals surface area contributed by atoms with Gasteiger partial charge in [0, 0.05) is 12.8 Å². The van der Waals surface area contributed by atoms with Crippen LogP contribution in [0.3, 0.4) is 0 Å². The summed E-state index contributed by atoms with van der Waals surface area (Å²) in [6.45, 7) is 5.89. The predicted molar refractivity (Wildman–Crippen MR) is 34.4 cm³/mol. The summed E-state index contributed by atoms with van der Waals surface area (Å²) in [6, 6.07) is 0. The van der Waals surface area contributed by atoms with Crippen LogP contribution >= 0.6 is 0 Å². The van der Waals surface area contributed by atoms with Gasteiger partial charge in [-0.1, -0.05) is 20.8 Å². The Morgan fingerprint density at radius 1 is 1.62 bits per heavy atom. The molecule has 0 amide bonds. The molecule has 0 unspecified atom stereocenters. The van der Waals surface area contributed by atoms with E-state index in [1.165, 1.54) is 0 Å². The zero-order valence-corrected chi connectivity index (χ0v) is 5.77. The smallest absolute Gasteiger partial charge is 0.136 e. The molecule has 1 radical (unpaired) electrons. The second-order valence-electron chi connectivity index (χ2n) is 2.23. The number of carbonyl (C=O) groups is 1. The molecule has 0 N–H and O–H groups in total. The first-order valence-corrected chi connectivity index (χ1v) is 3.04. The highest BCUT2D eigenvalue weighted by Gasteiger charge is 2.00. The molecule has 0 aromatic heterocycles. The fourth-order valence-electron chi connectivity index (χ4n) is 0.490. The molecule has 0 saturated carbocycles. The van der Waals surface area contributed by atoms with E-state index in [9.17, 15) is 4.79 Å². The number of hydrogen-bond donors (Lipinski definition) is 0. The first-order chi connectivity index (χ1) is 3.66. The molecule has 0 heterocycles. The summed E-state index contributed by atoms with van der Waals surface area (Å²) in [5.41, 5.74) is 0. The van der Waals surface area contributed by atoms with Gasteiger partial charge in [0.25, 0.3) is 0 Å². The lowest BCUT2D eigenvalue weighted by atomic mass is 10.1. The van der Waals surface area contributed by atoms with Crippen LogP contribution in [0.1, 0.15) is 27.2 Å². The van der Waals surface area contributed by atoms with Crippen molar-refractivity contribution in [2.45, 2.75) is 27.2 Å². The summed E-state index contributed by atoms with van der Waals surface area (Å²) in [7, 11) is 0. The molecule has 8 heavy (non-hydrogen) atoms. The van der Waals surface area contributed by atoms with E-state index in [1.54, 1.807) is 6.42 Å². The van der Waals surface area contributed by atoms with E-state index in [-0.39, 0.29) is 5.78 Å². The molecule has 1 heteroatoms. The van der Waals surface area contributed by atoms with Crippen molar-refractivity contribution in [1.82, 2.24) is 0 Å². The van der Waals surface area contributed by atoms with Gasteiger partial charge in [0.15, 0.2) is 0 Å². The first kappa shape index (κ1) is 7.67. The van der Waals surface area contributed by atoms with Crippen molar-refractivity contribution in [2.75, 3.05) is 0 Å². The number of ketones is 1. The van der Waals surface area contributed by atoms with E-state index in [0.717, 1.165) is 0 Å². The van der Waals surface area contributed by atoms with Gasteiger partial charge in [0.1, 0.15) is 5.78 Å². The van der Waals surface area contributed by atoms with E-state index in [2.05, 4.69) is 0 Å². The lowest BCUT2D eigenvalue weighted by molar-refractivity contribution is -0.116. The Kier molecular flexibility index (Phi) is 3.49. The highest BCUT2D eigenvalue weighted by Crippen LogP contribution is 1.99. The van der Waals surface area contributed by atoms with Gasteiger partial charge in [-0.05, 0) is 5.92 Å². The van der Waals surface area contributed by atoms with Gasteiger partial charge >= 0.3 is 0 Å². The van der Waals surface area contributed by atoms with Crippen LogP contribution in [0, 0.1) is 12.3 Å². The van der Waals surface area contributed by atoms with Crippen LogP contribution in [-0.4, -0.2) is 5.78 Å². The molecule has 0 saturated heterocycles. The molecule has 47 valence electrons. The summed E-state index contributed by atoms with van der Waals surface area (Å²) in [5.74, 6) is 0.655. The molecular weight excluding hydrogens is 100 g/mol. The van der Waals surface area contributed by atoms with Crippen LogP contribution < -0.4 is 0 Å². The lowest BCUT2D eigenvalue weighted by Crippen LogP contribution is -2.00. The fourth-order valence-corrected chi connectivity index (χ4v) is 0.490. The average Bonchev–Trinajstić information content (AvgIpc) is 1.65. The van der Waals surface area contributed by atoms with Crippen molar-refractivity contribution >= 4 is 5.78 Å². The van der Waals surface area contributed by atoms with Gasteiger partial charge in [-0.15, -0.1) is 0 Å². The molecule has 0 atom stereocenters. The summed E-state index contributed by atoms with van der Waals surface area (Å²) < 4.78 is 0. The van der Waals surface area contributed by atoms with E-state index in [4.69, 9.17) is 0 Å². The maximum absolute atomic E-state index is 10.6. The summed E-state index contributed by atoms with van der Waals surface area (Å²) in [4.78, 5) is 10.6. The van der Waals surface area contributed by atoms with Crippen molar-refractivity contribution in [2.24, 2.45) is 5.92 Å². The van der Waals surface area contributed by atoms with Crippen molar-refractivity contribution < 1.29 is 4.79 Å². The molecule has 0 spiro atoms. The van der Waals surface area contributed by atoms with E-state index in [1.807, 2.05) is 20.8 Å². The maximum Gasteiger partial charge on any atom is 0.136 e. The van der Waals surface area contributed by atoms with Crippen LogP contribution in [0.2, 0.25) is 0 Å². The monoisotopic (exact) mass is 113 g/mol. The predicted octanol–water partition coefficient (Wildman–Crippen LogP) is 1.83. The van der Waals surface area contributed by atoms with Crippen LogP contribution in [0.25, 0.3) is 0 Å². The molecule has 1 nitrogen and oxygen atoms in total. The second-order valence-corrected chi connectivity index (χ2v) is 2.23. The summed E-state index contributed by atoms with van der Waals surface area (Å²) >= 11 is 0. The molecule has 0 rings (SSSR count). The van der Waals surface area contributed by atoms with Gasteiger partial charge in [-0.25, -0.2) is 0 Å². The summed E-state index contributed by atoms with van der Waals surface area (Å²) in [5, 5.41) is 0. The Balaban J connectivity index is 3.25. The van der Waals surface area contributed by atoms with E-state index >= 15 is 0 Å². The third kappa shape index (κ3) is 3.85. The molecule has 0 aromatic rings. The zero-order chi connectivity index (χ0) is 6.57. The van der Waals surface area contributed by atoms with Crippen LogP contribution in [0.4, 0.5) is 0 Å². The standard InChI is InChI=1S/C7H13O/c1-4-7(8)5-6(2)3/h5-6H,4H2,1-3H3. The van der Waals surface area contributed by atoms with Gasteiger partial charge < -0.3 is 0 Å². The minimum atomic E-state index is 0.250. The van der Waals surface area contributed by atoms with Gasteiger partial charge in [0.05, 0.1) is 0 Å². The van der Waals surface area contributed by atoms with Gasteiger partial charge in [-0.2, -0.15) is 0 Å². The summed E-state index contributed by atoms with van der Waals surface area (Å²) in [6.07, 6.45) is 2.39. The second kappa shape index (κ2) is 3.65. The van der Waals surface area contributed by atoms with Crippen molar-refractivity contribution in [3.8, 4) is 0 Å². The van der Waals surface area contributed by atoms with Gasteiger partial charge in [0.2, 0.25) is 0 Å². The molecule has 0 fully saturated rings. The number of carbonyl (C=O) groups excluding carboxylic acids is 1. The third-order valence-corrected chi connectivity index (χ3v) is 0.868. The Morgan fingerprint density at radius 2 is 2.12 bits per heavy atom. The van der Waals surface area contributed by atoms with Crippen molar-refractivity contribution in [3.63, 3.8) is 0 Å². The molecule has 0 aliphatic rings. The normalized spacial score (nSPS) is 10.0. The SMILES string of the molecule is CCC(=O)[CH]C(C)C. The zero-order valence-electron chi connectivity index (χ0n) is 5.77. The highest BCUT2D eigenvalue weighted by atomic mass is 16.1. The maximum atomic E-state index is 10.6. The van der Waals surface area contributed by atoms with E-state index < -0.39 is 0 Å². The Hall–Kier alpha value is -0.330.